The van der Waals surface area contributed by atoms with Crippen molar-refractivity contribution in [2.24, 2.45) is 0 Å². The van der Waals surface area contributed by atoms with E-state index in [1.165, 1.54) is 5.56 Å². The summed E-state index contributed by atoms with van der Waals surface area (Å²) in [5.41, 5.74) is 2.40. The van der Waals surface area contributed by atoms with Gasteiger partial charge in [-0.05, 0) is 26.9 Å². The first kappa shape index (κ1) is 13.0. The van der Waals surface area contributed by atoms with Crippen LogP contribution in [0.5, 0.6) is 11.5 Å². The Bertz CT molecular complexity index is 419. The molecule has 18 heavy (non-hydrogen) atoms. The van der Waals surface area contributed by atoms with Crippen molar-refractivity contribution < 1.29 is 9.47 Å². The SMILES string of the molecule is COc1cc2c(c(OC)c1)CCC(CN(C)C)N2. The summed E-state index contributed by atoms with van der Waals surface area (Å²) < 4.78 is 10.7. The van der Waals surface area contributed by atoms with E-state index in [2.05, 4.69) is 30.4 Å². The lowest BCUT2D eigenvalue weighted by molar-refractivity contribution is 0.365. The van der Waals surface area contributed by atoms with Gasteiger partial charge in [0, 0.05) is 36.0 Å². The highest BCUT2D eigenvalue weighted by Gasteiger charge is 2.22. The Balaban J connectivity index is 2.25. The zero-order valence-corrected chi connectivity index (χ0v) is 11.6. The first-order valence-corrected chi connectivity index (χ1v) is 6.30. The number of likely N-dealkylation sites (N-methyl/N-ethyl adjacent to an activating group) is 1. The molecule has 4 nitrogen and oxygen atoms in total. The number of methoxy groups -OCH3 is 2. The molecule has 4 heteroatoms. The third kappa shape index (κ3) is 2.70. The van der Waals surface area contributed by atoms with Gasteiger partial charge in [0.05, 0.1) is 14.2 Å². The maximum Gasteiger partial charge on any atom is 0.127 e. The topological polar surface area (TPSA) is 33.7 Å². The Morgan fingerprint density at radius 1 is 1.28 bits per heavy atom. The van der Waals surface area contributed by atoms with E-state index in [9.17, 15) is 0 Å². The lowest BCUT2D eigenvalue weighted by Gasteiger charge is -2.30. The highest BCUT2D eigenvalue weighted by atomic mass is 16.5. The summed E-state index contributed by atoms with van der Waals surface area (Å²) in [6.07, 6.45) is 2.18. The van der Waals surface area contributed by atoms with Crippen LogP contribution in [-0.2, 0) is 6.42 Å². The Morgan fingerprint density at radius 2 is 2.06 bits per heavy atom. The predicted molar refractivity (Wildman–Crippen MR) is 73.8 cm³/mol. The molecule has 2 rings (SSSR count). The van der Waals surface area contributed by atoms with E-state index in [4.69, 9.17) is 9.47 Å². The minimum absolute atomic E-state index is 0.490. The summed E-state index contributed by atoms with van der Waals surface area (Å²) in [5.74, 6) is 1.75. The Labute approximate surface area is 109 Å². The Hall–Kier alpha value is -1.42. The predicted octanol–water partition coefficient (Wildman–Crippen LogP) is 1.99. The zero-order valence-electron chi connectivity index (χ0n) is 11.6. The first-order chi connectivity index (χ1) is 8.63. The van der Waals surface area contributed by atoms with Crippen LogP contribution < -0.4 is 14.8 Å². The van der Waals surface area contributed by atoms with E-state index in [1.807, 2.05) is 6.07 Å². The number of anilines is 1. The number of hydrogen-bond donors (Lipinski definition) is 1. The molecule has 0 bridgehead atoms. The van der Waals surface area contributed by atoms with Crippen molar-refractivity contribution in [3.63, 3.8) is 0 Å². The van der Waals surface area contributed by atoms with Crippen LogP contribution in [0.4, 0.5) is 5.69 Å². The fourth-order valence-corrected chi connectivity index (χ4v) is 2.50. The summed E-state index contributed by atoms with van der Waals surface area (Å²) in [6.45, 7) is 1.04. The molecule has 1 aliphatic heterocycles. The summed E-state index contributed by atoms with van der Waals surface area (Å²) in [6, 6.07) is 4.50. The largest absolute Gasteiger partial charge is 0.497 e. The third-order valence-electron chi connectivity index (χ3n) is 3.33. The van der Waals surface area contributed by atoms with Crippen molar-refractivity contribution in [3.05, 3.63) is 17.7 Å². The van der Waals surface area contributed by atoms with E-state index in [1.54, 1.807) is 14.2 Å². The molecule has 1 aromatic rings. The van der Waals surface area contributed by atoms with Gasteiger partial charge in [0.25, 0.3) is 0 Å². The second kappa shape index (κ2) is 5.48. The van der Waals surface area contributed by atoms with Gasteiger partial charge in [0.15, 0.2) is 0 Å². The summed E-state index contributed by atoms with van der Waals surface area (Å²) >= 11 is 0. The van der Waals surface area contributed by atoms with Gasteiger partial charge in [0.2, 0.25) is 0 Å². The minimum atomic E-state index is 0.490. The van der Waals surface area contributed by atoms with Gasteiger partial charge in [-0.15, -0.1) is 0 Å². The van der Waals surface area contributed by atoms with Gasteiger partial charge in [-0.25, -0.2) is 0 Å². The normalized spacial score (nSPS) is 18.2. The molecule has 0 saturated carbocycles. The second-order valence-electron chi connectivity index (χ2n) is 5.00. The second-order valence-corrected chi connectivity index (χ2v) is 5.00. The highest BCUT2D eigenvalue weighted by Crippen LogP contribution is 2.36. The van der Waals surface area contributed by atoms with Crippen LogP contribution >= 0.6 is 0 Å². The molecule has 0 fully saturated rings. The lowest BCUT2D eigenvalue weighted by Crippen LogP contribution is -2.35. The Morgan fingerprint density at radius 3 is 2.67 bits per heavy atom. The quantitative estimate of drug-likeness (QED) is 0.886. The van der Waals surface area contributed by atoms with Crippen molar-refractivity contribution in [3.8, 4) is 11.5 Å². The van der Waals surface area contributed by atoms with Crippen LogP contribution in [0.1, 0.15) is 12.0 Å². The molecule has 1 N–H and O–H groups in total. The summed E-state index contributed by atoms with van der Waals surface area (Å²) in [7, 11) is 7.59. The van der Waals surface area contributed by atoms with Gasteiger partial charge in [-0.1, -0.05) is 0 Å². The molecular formula is C14H22N2O2. The molecule has 1 aliphatic rings. The number of ether oxygens (including phenoxy) is 2. The number of nitrogens with zero attached hydrogens (tertiary/aromatic N) is 1. The standard InChI is InChI=1S/C14H22N2O2/c1-16(2)9-10-5-6-12-13(15-10)7-11(17-3)8-14(12)18-4/h7-8,10,15H,5-6,9H2,1-4H3. The van der Waals surface area contributed by atoms with Crippen LogP contribution in [0.25, 0.3) is 0 Å². The lowest BCUT2D eigenvalue weighted by atomic mass is 9.96. The molecule has 0 aromatic heterocycles. The van der Waals surface area contributed by atoms with Crippen molar-refractivity contribution in [1.29, 1.82) is 0 Å². The summed E-state index contributed by atoms with van der Waals surface area (Å²) in [4.78, 5) is 2.21. The van der Waals surface area contributed by atoms with E-state index in [0.717, 1.165) is 36.6 Å². The molecule has 1 heterocycles. The smallest absolute Gasteiger partial charge is 0.127 e. The van der Waals surface area contributed by atoms with Crippen LogP contribution in [0.3, 0.4) is 0 Å². The molecule has 0 amide bonds. The van der Waals surface area contributed by atoms with Crippen LogP contribution in [0.2, 0.25) is 0 Å². The first-order valence-electron chi connectivity index (χ1n) is 6.30. The van der Waals surface area contributed by atoms with Crippen LogP contribution in [-0.4, -0.2) is 45.8 Å². The molecular weight excluding hydrogens is 228 g/mol. The maximum atomic E-state index is 5.44. The minimum Gasteiger partial charge on any atom is -0.497 e. The average Bonchev–Trinajstić information content (AvgIpc) is 2.36. The van der Waals surface area contributed by atoms with Gasteiger partial charge < -0.3 is 19.7 Å². The van der Waals surface area contributed by atoms with Gasteiger partial charge >= 0.3 is 0 Å². The molecule has 1 unspecified atom stereocenters. The van der Waals surface area contributed by atoms with Crippen LogP contribution in [0, 0.1) is 0 Å². The Kier molecular flexibility index (Phi) is 3.97. The van der Waals surface area contributed by atoms with Crippen molar-refractivity contribution >= 4 is 5.69 Å². The van der Waals surface area contributed by atoms with Gasteiger partial charge in [0.1, 0.15) is 11.5 Å². The van der Waals surface area contributed by atoms with Crippen LogP contribution in [0.15, 0.2) is 12.1 Å². The van der Waals surface area contributed by atoms with Crippen molar-refractivity contribution in [2.45, 2.75) is 18.9 Å². The van der Waals surface area contributed by atoms with E-state index >= 15 is 0 Å². The molecule has 1 aromatic carbocycles. The van der Waals surface area contributed by atoms with Gasteiger partial charge in [-0.2, -0.15) is 0 Å². The number of hydrogen-bond acceptors (Lipinski definition) is 4. The van der Waals surface area contributed by atoms with E-state index in [0.29, 0.717) is 6.04 Å². The summed E-state index contributed by atoms with van der Waals surface area (Å²) in [5, 5.41) is 3.58. The zero-order chi connectivity index (χ0) is 13.1. The monoisotopic (exact) mass is 250 g/mol. The van der Waals surface area contributed by atoms with Crippen molar-refractivity contribution in [1.82, 2.24) is 4.90 Å². The molecule has 1 atom stereocenters. The molecule has 0 aliphatic carbocycles. The fraction of sp³-hybridized carbons (Fsp3) is 0.571. The molecule has 0 spiro atoms. The number of benzene rings is 1. The number of nitrogens with one attached hydrogen (secondary N) is 1. The van der Waals surface area contributed by atoms with Crippen molar-refractivity contribution in [2.75, 3.05) is 40.2 Å². The molecule has 100 valence electrons. The third-order valence-corrected chi connectivity index (χ3v) is 3.33. The number of rotatable bonds is 4. The average molecular weight is 250 g/mol. The fourth-order valence-electron chi connectivity index (χ4n) is 2.50. The number of fused-ring (bicyclic) bond motifs is 1. The molecule has 0 saturated heterocycles. The van der Waals surface area contributed by atoms with E-state index in [-0.39, 0.29) is 0 Å². The maximum absolute atomic E-state index is 5.44. The highest BCUT2D eigenvalue weighted by molar-refractivity contribution is 5.63. The van der Waals surface area contributed by atoms with E-state index < -0.39 is 0 Å². The van der Waals surface area contributed by atoms with Gasteiger partial charge in [-0.3, -0.25) is 0 Å². The molecule has 0 radical (unpaired) electrons.